The van der Waals surface area contributed by atoms with Gasteiger partial charge in [0.05, 0.1) is 14.7 Å². The minimum atomic E-state index is -4.42. The Morgan fingerprint density at radius 3 is 2.09 bits per heavy atom. The number of nitrogens with one attached hydrogen (secondary N) is 1. The monoisotopic (exact) mass is 629 g/mol. The van der Waals surface area contributed by atoms with Crippen LogP contribution in [0.3, 0.4) is 0 Å². The van der Waals surface area contributed by atoms with Gasteiger partial charge in [-0.15, -0.1) is 0 Å². The number of nitro benzene ring substituents is 1. The second-order valence-corrected chi connectivity index (χ2v) is 12.8. The summed E-state index contributed by atoms with van der Waals surface area (Å²) in [6, 6.07) is 29.2. The third kappa shape index (κ3) is 6.88. The van der Waals surface area contributed by atoms with E-state index in [9.17, 15) is 28.1 Å². The molecule has 5 rings (SSSR count). The van der Waals surface area contributed by atoms with E-state index >= 15 is 0 Å². The quantitative estimate of drug-likeness (QED) is 0.110. The highest BCUT2D eigenvalue weighted by atomic mass is 32.2. The minimum Gasteiger partial charge on any atom is -0.280 e. The summed E-state index contributed by atoms with van der Waals surface area (Å²) in [5.74, 6) is -1.49. The van der Waals surface area contributed by atoms with Gasteiger partial charge in [-0.05, 0) is 40.5 Å². The van der Waals surface area contributed by atoms with Crippen molar-refractivity contribution in [3.63, 3.8) is 0 Å². The van der Waals surface area contributed by atoms with Crippen LogP contribution in [0.15, 0.2) is 119 Å². The van der Waals surface area contributed by atoms with Crippen LogP contribution in [0.2, 0.25) is 0 Å². The molecule has 1 N–H and O–H groups in total. The molecule has 43 heavy (non-hydrogen) atoms. The summed E-state index contributed by atoms with van der Waals surface area (Å²) in [5.41, 5.74) is 3.21. The maximum atomic E-state index is 13.6. The molecule has 0 bridgehead atoms. The molecule has 1 aliphatic heterocycles. The normalized spacial score (nSPS) is 15.0. The highest BCUT2D eigenvalue weighted by molar-refractivity contribution is 8.26. The summed E-state index contributed by atoms with van der Waals surface area (Å²) in [7, 11) is -4.42. The van der Waals surface area contributed by atoms with E-state index < -0.39 is 32.8 Å². The molecular weight excluding hydrogens is 607 g/mol. The molecule has 1 heterocycles. The van der Waals surface area contributed by atoms with Crippen molar-refractivity contribution in [1.29, 1.82) is 0 Å². The van der Waals surface area contributed by atoms with E-state index in [1.165, 1.54) is 0 Å². The second-order valence-electron chi connectivity index (χ2n) is 9.47. The lowest BCUT2D eigenvalue weighted by atomic mass is 10.0. The maximum Gasteiger partial charge on any atom is 0.269 e. The molecule has 0 aliphatic carbocycles. The zero-order valence-corrected chi connectivity index (χ0v) is 24.8. The predicted octanol–water partition coefficient (Wildman–Crippen LogP) is 5.58. The fourth-order valence-corrected chi connectivity index (χ4v) is 6.82. The molecule has 12 heteroatoms. The summed E-state index contributed by atoms with van der Waals surface area (Å²) in [6.07, 6.45) is 1.67. The minimum absolute atomic E-state index is 0.00600. The Hall–Kier alpha value is -4.65. The predicted molar refractivity (Wildman–Crippen MR) is 169 cm³/mol. The Labute approximate surface area is 257 Å². The molecule has 1 fully saturated rings. The number of non-ortho nitro benzene ring substituents is 1. The molecule has 0 radical (unpaired) electrons. The number of carbonyl (C=O) groups excluding carboxylic acids is 2. The van der Waals surface area contributed by atoms with Gasteiger partial charge in [-0.2, -0.15) is 0 Å². The van der Waals surface area contributed by atoms with Crippen LogP contribution in [0, 0.1) is 10.1 Å². The van der Waals surface area contributed by atoms with Gasteiger partial charge in [0.15, 0.2) is 0 Å². The van der Waals surface area contributed by atoms with E-state index in [2.05, 4.69) is 0 Å². The van der Waals surface area contributed by atoms with E-state index in [0.717, 1.165) is 57.6 Å². The summed E-state index contributed by atoms with van der Waals surface area (Å²) in [5, 5.41) is 11.0. The molecule has 1 atom stereocenters. The van der Waals surface area contributed by atoms with Gasteiger partial charge in [0, 0.05) is 18.6 Å². The van der Waals surface area contributed by atoms with Crippen molar-refractivity contribution in [3.05, 3.63) is 135 Å². The Balaban J connectivity index is 1.41. The lowest BCUT2D eigenvalue weighted by Crippen LogP contribution is -2.51. The average Bonchev–Trinajstić information content (AvgIpc) is 3.28. The molecule has 0 spiro atoms. The Morgan fingerprint density at radius 1 is 0.907 bits per heavy atom. The topological polar surface area (TPSA) is 127 Å². The highest BCUT2D eigenvalue weighted by Crippen LogP contribution is 2.35. The first kappa shape index (κ1) is 29.8. The Morgan fingerprint density at radius 2 is 1.49 bits per heavy atom. The van der Waals surface area contributed by atoms with Crippen LogP contribution in [-0.4, -0.2) is 40.4 Å². The lowest BCUT2D eigenvalue weighted by Gasteiger charge is -2.26. The zero-order chi connectivity index (χ0) is 30.6. The van der Waals surface area contributed by atoms with Gasteiger partial charge in [-0.3, -0.25) is 24.6 Å². The number of nitrogens with zero attached hydrogens (tertiary/aromatic N) is 2. The third-order valence-corrected chi connectivity index (χ3v) is 9.31. The van der Waals surface area contributed by atoms with Crippen molar-refractivity contribution in [1.82, 2.24) is 9.62 Å². The number of hydrogen-bond donors (Lipinski definition) is 1. The molecule has 1 saturated heterocycles. The van der Waals surface area contributed by atoms with Crippen LogP contribution in [0.5, 0.6) is 0 Å². The van der Waals surface area contributed by atoms with Crippen LogP contribution in [0.4, 0.5) is 5.69 Å². The third-order valence-electron chi connectivity index (χ3n) is 6.62. The van der Waals surface area contributed by atoms with Crippen LogP contribution >= 0.6 is 24.0 Å². The van der Waals surface area contributed by atoms with Gasteiger partial charge < -0.3 is 0 Å². The molecule has 0 saturated carbocycles. The van der Waals surface area contributed by atoms with E-state index in [4.69, 9.17) is 12.2 Å². The summed E-state index contributed by atoms with van der Waals surface area (Å²) >= 11 is 6.54. The number of carbonyl (C=O) groups is 2. The van der Waals surface area contributed by atoms with Crippen molar-refractivity contribution in [2.45, 2.75) is 17.4 Å². The number of benzene rings is 4. The number of thiocarbonyl (C=S) groups is 1. The number of amides is 2. The van der Waals surface area contributed by atoms with Crippen molar-refractivity contribution < 1.29 is 22.9 Å². The molecule has 4 aromatic rings. The molecule has 0 unspecified atom stereocenters. The Kier molecular flexibility index (Phi) is 8.81. The fraction of sp³-hybridized carbons (Fsp3) is 0.0645. The van der Waals surface area contributed by atoms with E-state index in [1.54, 1.807) is 36.4 Å². The van der Waals surface area contributed by atoms with Crippen LogP contribution in [-0.2, 0) is 26.0 Å². The molecule has 4 aromatic carbocycles. The molecule has 2 amide bonds. The number of rotatable bonds is 9. The summed E-state index contributed by atoms with van der Waals surface area (Å²) in [4.78, 5) is 38.6. The highest BCUT2D eigenvalue weighted by Gasteiger charge is 2.41. The Bertz CT molecular complexity index is 1830. The van der Waals surface area contributed by atoms with Gasteiger partial charge in [-0.25, -0.2) is 13.1 Å². The lowest BCUT2D eigenvalue weighted by molar-refractivity contribution is -0.384. The average molecular weight is 630 g/mol. The van der Waals surface area contributed by atoms with Crippen molar-refractivity contribution in [2.75, 3.05) is 0 Å². The van der Waals surface area contributed by atoms with E-state index in [-0.39, 0.29) is 21.3 Å². The first-order valence-corrected chi connectivity index (χ1v) is 15.6. The van der Waals surface area contributed by atoms with Gasteiger partial charge >= 0.3 is 0 Å². The van der Waals surface area contributed by atoms with Gasteiger partial charge in [0.25, 0.3) is 27.5 Å². The van der Waals surface area contributed by atoms with Crippen LogP contribution in [0.25, 0.3) is 17.2 Å². The largest absolute Gasteiger partial charge is 0.280 e. The van der Waals surface area contributed by atoms with Crippen LogP contribution in [0.1, 0.15) is 11.1 Å². The SMILES string of the molecule is O=C(NS(=O)(=O)c1ccc([N+](=O)[O-])cc1)[C@H](Cc1ccccc1)N1C(=O)/C(=C/c2ccc(-c3ccccc3)cc2)SC1=S. The summed E-state index contributed by atoms with van der Waals surface area (Å²) < 4.78 is 28.2. The van der Waals surface area contributed by atoms with Crippen LogP contribution < -0.4 is 4.72 Å². The van der Waals surface area contributed by atoms with Gasteiger partial charge in [0.1, 0.15) is 10.4 Å². The van der Waals surface area contributed by atoms with Gasteiger partial charge in [0.2, 0.25) is 0 Å². The molecule has 9 nitrogen and oxygen atoms in total. The number of nitro groups is 1. The second kappa shape index (κ2) is 12.7. The molecule has 1 aliphatic rings. The number of sulfonamides is 1. The van der Waals surface area contributed by atoms with Gasteiger partial charge in [-0.1, -0.05) is 109 Å². The molecule has 0 aromatic heterocycles. The number of hydrogen-bond acceptors (Lipinski definition) is 8. The van der Waals surface area contributed by atoms with Crippen molar-refractivity contribution in [2.24, 2.45) is 0 Å². The summed E-state index contributed by atoms with van der Waals surface area (Å²) in [6.45, 7) is 0. The standard InChI is InChI=1S/C31H23N3O6S3/c35-29(32-43(39,40)26-17-15-25(16-18-26)34(37)38)27(19-21-7-3-1-4-8-21)33-30(36)28(42-31(33)41)20-22-11-13-24(14-12-22)23-9-5-2-6-10-23/h1-18,20,27H,19H2,(H,32,35)/b28-20-/t27-/m0/s1. The molecular formula is C31H23N3O6S3. The van der Waals surface area contributed by atoms with Crippen molar-refractivity contribution >= 4 is 61.9 Å². The smallest absolute Gasteiger partial charge is 0.269 e. The fourth-order valence-electron chi connectivity index (χ4n) is 4.45. The maximum absolute atomic E-state index is 13.6. The first-order chi connectivity index (χ1) is 20.6. The molecule has 216 valence electrons. The van der Waals surface area contributed by atoms with E-state index in [0.29, 0.717) is 10.5 Å². The first-order valence-electron chi connectivity index (χ1n) is 12.9. The van der Waals surface area contributed by atoms with E-state index in [1.807, 2.05) is 59.3 Å². The zero-order valence-electron chi connectivity index (χ0n) is 22.3. The van der Waals surface area contributed by atoms with Crippen molar-refractivity contribution in [3.8, 4) is 11.1 Å². The number of thioether (sulfide) groups is 1.